The van der Waals surface area contributed by atoms with Gasteiger partial charge in [-0.1, -0.05) is 29.8 Å². The second kappa shape index (κ2) is 5.84. The van der Waals surface area contributed by atoms with Gasteiger partial charge in [0.05, 0.1) is 12.2 Å². The van der Waals surface area contributed by atoms with Gasteiger partial charge in [0.1, 0.15) is 0 Å². The van der Waals surface area contributed by atoms with Crippen LogP contribution in [0.4, 0.5) is 16.2 Å². The normalized spacial score (nSPS) is 12.0. The summed E-state index contributed by atoms with van der Waals surface area (Å²) < 4.78 is 13.6. The average molecular weight is 281 g/mol. The molecule has 1 unspecified atom stereocenters. The molecule has 0 saturated carbocycles. The first-order valence-electron chi connectivity index (χ1n) is 5.83. The van der Waals surface area contributed by atoms with Crippen molar-refractivity contribution in [3.05, 3.63) is 46.9 Å². The Morgan fingerprint density at radius 3 is 2.74 bits per heavy atom. The van der Waals surface area contributed by atoms with Crippen molar-refractivity contribution in [1.82, 2.24) is 9.97 Å². The van der Waals surface area contributed by atoms with Gasteiger partial charge in [-0.05, 0) is 18.6 Å². The Balaban J connectivity index is 2.24. The second-order valence-corrected chi connectivity index (χ2v) is 4.43. The summed E-state index contributed by atoms with van der Waals surface area (Å²) in [5, 5.41) is 6.39. The van der Waals surface area contributed by atoms with Gasteiger partial charge >= 0.3 is 0 Å². The van der Waals surface area contributed by atoms with Gasteiger partial charge in [-0.25, -0.2) is 9.37 Å². The summed E-state index contributed by atoms with van der Waals surface area (Å²) >= 11 is 6.10. The largest absolute Gasteiger partial charge is 0.361 e. The molecule has 1 heterocycles. The van der Waals surface area contributed by atoms with E-state index >= 15 is 0 Å². The van der Waals surface area contributed by atoms with Gasteiger partial charge in [0.2, 0.25) is 5.95 Å². The number of rotatable bonds is 4. The van der Waals surface area contributed by atoms with Crippen LogP contribution in [0.2, 0.25) is 5.02 Å². The van der Waals surface area contributed by atoms with Crippen molar-refractivity contribution in [3.63, 3.8) is 0 Å². The fraction of sp³-hybridized carbons (Fsp3) is 0.231. The monoisotopic (exact) mass is 280 g/mol. The average Bonchev–Trinajstić information content (AvgIpc) is 2.41. The van der Waals surface area contributed by atoms with Crippen LogP contribution >= 0.6 is 11.6 Å². The molecule has 19 heavy (non-hydrogen) atoms. The van der Waals surface area contributed by atoms with Gasteiger partial charge in [0.15, 0.2) is 11.6 Å². The van der Waals surface area contributed by atoms with Gasteiger partial charge in [-0.2, -0.15) is 4.98 Å². The van der Waals surface area contributed by atoms with Crippen molar-refractivity contribution in [2.24, 2.45) is 0 Å². The lowest BCUT2D eigenvalue weighted by Crippen LogP contribution is -2.11. The zero-order valence-electron chi connectivity index (χ0n) is 10.6. The first kappa shape index (κ1) is 13.5. The molecule has 2 rings (SSSR count). The first-order chi connectivity index (χ1) is 9.11. The lowest BCUT2D eigenvalue weighted by atomic mass is 10.1. The number of aromatic nitrogens is 2. The highest BCUT2D eigenvalue weighted by atomic mass is 35.5. The molecule has 1 aromatic heterocycles. The summed E-state index contributed by atoms with van der Waals surface area (Å²) in [6.45, 7) is 1.89. The molecule has 0 saturated heterocycles. The van der Waals surface area contributed by atoms with E-state index in [0.717, 1.165) is 11.8 Å². The van der Waals surface area contributed by atoms with Crippen LogP contribution in [0.15, 0.2) is 30.5 Å². The van der Waals surface area contributed by atoms with Crippen LogP contribution in [0.5, 0.6) is 0 Å². The van der Waals surface area contributed by atoms with E-state index in [-0.39, 0.29) is 11.9 Å². The van der Waals surface area contributed by atoms with Crippen LogP contribution in [0.3, 0.4) is 0 Å². The van der Waals surface area contributed by atoms with Gasteiger partial charge in [-0.15, -0.1) is 0 Å². The molecular weight excluding hydrogens is 267 g/mol. The maximum atomic E-state index is 13.6. The summed E-state index contributed by atoms with van der Waals surface area (Å²) in [7, 11) is 1.68. The standard InChI is InChI=1S/C13H14ClFN4/c1-8(9-5-3-4-6-10(9)14)18-12-11(15)7-17-13(16-2)19-12/h3-8H,1-2H3,(H2,16,17,18,19). The van der Waals surface area contributed by atoms with Crippen LogP contribution in [0, 0.1) is 5.82 Å². The maximum absolute atomic E-state index is 13.6. The van der Waals surface area contributed by atoms with Crippen molar-refractivity contribution >= 4 is 23.4 Å². The molecule has 2 N–H and O–H groups in total. The molecule has 0 fully saturated rings. The van der Waals surface area contributed by atoms with Crippen LogP contribution in [-0.4, -0.2) is 17.0 Å². The number of nitrogens with one attached hydrogen (secondary N) is 2. The van der Waals surface area contributed by atoms with Gasteiger partial charge in [-0.3, -0.25) is 0 Å². The van der Waals surface area contributed by atoms with E-state index < -0.39 is 5.82 Å². The molecule has 1 atom stereocenters. The zero-order valence-corrected chi connectivity index (χ0v) is 11.4. The summed E-state index contributed by atoms with van der Waals surface area (Å²) in [6, 6.07) is 7.25. The Kier molecular flexibility index (Phi) is 4.16. The molecule has 6 heteroatoms. The lowest BCUT2D eigenvalue weighted by Gasteiger charge is -2.16. The fourth-order valence-corrected chi connectivity index (χ4v) is 2.00. The van der Waals surface area contributed by atoms with Crippen LogP contribution in [-0.2, 0) is 0 Å². The Labute approximate surface area is 116 Å². The molecule has 100 valence electrons. The summed E-state index contributed by atoms with van der Waals surface area (Å²) in [6.07, 6.45) is 1.13. The highest BCUT2D eigenvalue weighted by molar-refractivity contribution is 6.31. The molecule has 0 amide bonds. The fourth-order valence-electron chi connectivity index (χ4n) is 1.70. The van der Waals surface area contributed by atoms with Crippen LogP contribution in [0.1, 0.15) is 18.5 Å². The molecular formula is C13H14ClFN4. The Bertz CT molecular complexity index is 576. The van der Waals surface area contributed by atoms with Gasteiger partial charge < -0.3 is 10.6 Å². The predicted molar refractivity (Wildman–Crippen MR) is 75.0 cm³/mol. The van der Waals surface area contributed by atoms with Crippen LogP contribution < -0.4 is 10.6 Å². The third-order valence-electron chi connectivity index (χ3n) is 2.69. The number of hydrogen-bond donors (Lipinski definition) is 2. The quantitative estimate of drug-likeness (QED) is 0.900. The molecule has 0 aliphatic heterocycles. The minimum absolute atomic E-state index is 0.145. The molecule has 0 aliphatic carbocycles. The van der Waals surface area contributed by atoms with E-state index in [1.807, 2.05) is 25.1 Å². The van der Waals surface area contributed by atoms with E-state index in [4.69, 9.17) is 11.6 Å². The first-order valence-corrected chi connectivity index (χ1v) is 6.21. The Morgan fingerprint density at radius 1 is 1.32 bits per heavy atom. The highest BCUT2D eigenvalue weighted by Crippen LogP contribution is 2.26. The topological polar surface area (TPSA) is 49.8 Å². The lowest BCUT2D eigenvalue weighted by molar-refractivity contribution is 0.614. The Hall–Kier alpha value is -1.88. The van der Waals surface area contributed by atoms with E-state index in [9.17, 15) is 4.39 Å². The number of benzene rings is 1. The molecule has 0 spiro atoms. The molecule has 2 aromatic rings. The van der Waals surface area contributed by atoms with Crippen molar-refractivity contribution in [2.75, 3.05) is 17.7 Å². The minimum atomic E-state index is -0.502. The predicted octanol–water partition coefficient (Wildman–Crippen LogP) is 3.48. The summed E-state index contributed by atoms with van der Waals surface area (Å²) in [5.41, 5.74) is 0.883. The third kappa shape index (κ3) is 3.12. The van der Waals surface area contributed by atoms with E-state index in [1.165, 1.54) is 0 Å². The maximum Gasteiger partial charge on any atom is 0.224 e. The van der Waals surface area contributed by atoms with Crippen molar-refractivity contribution in [2.45, 2.75) is 13.0 Å². The molecule has 0 bridgehead atoms. The van der Waals surface area contributed by atoms with Gasteiger partial charge in [0, 0.05) is 12.1 Å². The number of hydrogen-bond acceptors (Lipinski definition) is 4. The van der Waals surface area contributed by atoms with E-state index in [2.05, 4.69) is 20.6 Å². The smallest absolute Gasteiger partial charge is 0.224 e. The van der Waals surface area contributed by atoms with Gasteiger partial charge in [0.25, 0.3) is 0 Å². The van der Waals surface area contributed by atoms with Crippen molar-refractivity contribution < 1.29 is 4.39 Å². The van der Waals surface area contributed by atoms with E-state index in [1.54, 1.807) is 13.1 Å². The third-order valence-corrected chi connectivity index (χ3v) is 3.04. The van der Waals surface area contributed by atoms with Crippen molar-refractivity contribution in [3.8, 4) is 0 Å². The minimum Gasteiger partial charge on any atom is -0.361 e. The van der Waals surface area contributed by atoms with Crippen molar-refractivity contribution in [1.29, 1.82) is 0 Å². The Morgan fingerprint density at radius 2 is 2.05 bits per heavy atom. The number of anilines is 2. The van der Waals surface area contributed by atoms with E-state index in [0.29, 0.717) is 11.0 Å². The SMILES string of the molecule is CNc1ncc(F)c(NC(C)c2ccccc2Cl)n1. The molecule has 1 aromatic carbocycles. The summed E-state index contributed by atoms with van der Waals surface area (Å²) in [5.74, 6) is -0.0000630. The van der Waals surface area contributed by atoms with Crippen LogP contribution in [0.25, 0.3) is 0 Å². The molecule has 4 nitrogen and oxygen atoms in total. The number of halogens is 2. The highest BCUT2D eigenvalue weighted by Gasteiger charge is 2.13. The summed E-state index contributed by atoms with van der Waals surface area (Å²) in [4.78, 5) is 7.83. The zero-order chi connectivity index (χ0) is 13.8. The molecule has 0 aliphatic rings. The second-order valence-electron chi connectivity index (χ2n) is 4.03. The number of nitrogens with zero attached hydrogens (tertiary/aromatic N) is 2. The molecule has 0 radical (unpaired) electrons.